The van der Waals surface area contributed by atoms with Crippen molar-refractivity contribution < 1.29 is 4.74 Å². The average Bonchev–Trinajstić information content (AvgIpc) is 3.10. The molecule has 0 radical (unpaired) electrons. The van der Waals surface area contributed by atoms with E-state index in [-0.39, 0.29) is 0 Å². The van der Waals surface area contributed by atoms with Gasteiger partial charge in [-0.3, -0.25) is 0 Å². The van der Waals surface area contributed by atoms with Gasteiger partial charge in [-0.25, -0.2) is 0 Å². The average molecular weight is 239 g/mol. The molecule has 1 aromatic rings. The molecule has 0 amide bonds. The first kappa shape index (κ1) is 11.8. The highest BCUT2D eigenvalue weighted by atomic mass is 35.5. The van der Waals surface area contributed by atoms with Gasteiger partial charge in [0.15, 0.2) is 0 Å². The molecule has 0 spiro atoms. The van der Waals surface area contributed by atoms with Gasteiger partial charge in [-0.2, -0.15) is 0 Å². The highest BCUT2D eigenvalue weighted by Crippen LogP contribution is 2.38. The van der Waals surface area contributed by atoms with Gasteiger partial charge in [0.1, 0.15) is 5.75 Å². The van der Waals surface area contributed by atoms with Crippen LogP contribution in [0, 0.1) is 12.8 Å². The lowest BCUT2D eigenvalue weighted by Gasteiger charge is -2.11. The Hall–Kier alpha value is -0.690. The SMILES string of the molecule is COc1ccc(C)cc1CCC(Cl)C1CC1. The van der Waals surface area contributed by atoms with Crippen LogP contribution in [-0.2, 0) is 6.42 Å². The predicted molar refractivity (Wildman–Crippen MR) is 68.4 cm³/mol. The smallest absolute Gasteiger partial charge is 0.122 e. The minimum Gasteiger partial charge on any atom is -0.496 e. The first-order valence-corrected chi connectivity index (χ1v) is 6.42. The van der Waals surface area contributed by atoms with Gasteiger partial charge in [0.05, 0.1) is 7.11 Å². The van der Waals surface area contributed by atoms with Crippen LogP contribution in [0.4, 0.5) is 0 Å². The van der Waals surface area contributed by atoms with Crippen molar-refractivity contribution in [1.82, 2.24) is 0 Å². The molecular formula is C14H19ClO. The number of halogens is 1. The standard InChI is InChI=1S/C14H19ClO/c1-10-3-8-14(16-2)12(9-10)6-7-13(15)11-4-5-11/h3,8-9,11,13H,4-7H2,1-2H3. The number of rotatable bonds is 5. The van der Waals surface area contributed by atoms with Gasteiger partial charge in [-0.15, -0.1) is 11.6 Å². The van der Waals surface area contributed by atoms with Crippen molar-refractivity contribution in [2.45, 2.75) is 38.0 Å². The molecule has 1 unspecified atom stereocenters. The summed E-state index contributed by atoms with van der Waals surface area (Å²) in [4.78, 5) is 0. The van der Waals surface area contributed by atoms with Gasteiger partial charge in [0.25, 0.3) is 0 Å². The monoisotopic (exact) mass is 238 g/mol. The summed E-state index contributed by atoms with van der Waals surface area (Å²) >= 11 is 6.32. The summed E-state index contributed by atoms with van der Waals surface area (Å²) in [6.07, 6.45) is 4.72. The summed E-state index contributed by atoms with van der Waals surface area (Å²) < 4.78 is 5.37. The molecule has 1 atom stereocenters. The third kappa shape index (κ3) is 2.91. The Morgan fingerprint density at radius 1 is 1.44 bits per heavy atom. The Morgan fingerprint density at radius 2 is 2.19 bits per heavy atom. The number of hydrogen-bond donors (Lipinski definition) is 0. The second kappa shape index (κ2) is 5.09. The normalized spacial score (nSPS) is 17.2. The first-order chi connectivity index (χ1) is 7.70. The van der Waals surface area contributed by atoms with Crippen molar-refractivity contribution in [3.63, 3.8) is 0 Å². The van der Waals surface area contributed by atoms with Gasteiger partial charge in [-0.05, 0) is 50.2 Å². The number of benzene rings is 1. The molecule has 0 N–H and O–H groups in total. The van der Waals surface area contributed by atoms with E-state index in [2.05, 4.69) is 19.1 Å². The maximum Gasteiger partial charge on any atom is 0.122 e. The summed E-state index contributed by atoms with van der Waals surface area (Å²) in [5.74, 6) is 1.77. The van der Waals surface area contributed by atoms with Crippen molar-refractivity contribution in [3.05, 3.63) is 29.3 Å². The van der Waals surface area contributed by atoms with E-state index in [1.54, 1.807) is 7.11 Å². The molecule has 0 saturated heterocycles. The molecule has 0 aliphatic heterocycles. The molecule has 0 aromatic heterocycles. The van der Waals surface area contributed by atoms with Gasteiger partial charge < -0.3 is 4.74 Å². The number of ether oxygens (including phenoxy) is 1. The number of alkyl halides is 1. The Balaban J connectivity index is 1.98. The fourth-order valence-electron chi connectivity index (χ4n) is 2.09. The minimum atomic E-state index is 0.352. The molecule has 88 valence electrons. The zero-order chi connectivity index (χ0) is 11.5. The molecule has 2 heteroatoms. The van der Waals surface area contributed by atoms with E-state index in [0.717, 1.165) is 24.5 Å². The van der Waals surface area contributed by atoms with Crippen LogP contribution in [0.25, 0.3) is 0 Å². The summed E-state index contributed by atoms with van der Waals surface area (Å²) in [5, 5.41) is 0.352. The van der Waals surface area contributed by atoms with Crippen molar-refractivity contribution in [1.29, 1.82) is 0 Å². The largest absolute Gasteiger partial charge is 0.496 e. The fraction of sp³-hybridized carbons (Fsp3) is 0.571. The van der Waals surface area contributed by atoms with Crippen LogP contribution < -0.4 is 4.74 Å². The predicted octanol–water partition coefficient (Wildman–Crippen LogP) is 3.95. The number of aryl methyl sites for hydroxylation is 2. The maximum atomic E-state index is 6.32. The van der Waals surface area contributed by atoms with E-state index >= 15 is 0 Å². The van der Waals surface area contributed by atoms with Crippen LogP contribution in [0.3, 0.4) is 0 Å². The van der Waals surface area contributed by atoms with Gasteiger partial charge in [0, 0.05) is 5.38 Å². The minimum absolute atomic E-state index is 0.352. The zero-order valence-electron chi connectivity index (χ0n) is 10.0. The Labute approximate surface area is 103 Å². The maximum absolute atomic E-state index is 6.32. The summed E-state index contributed by atoms with van der Waals surface area (Å²) in [7, 11) is 1.73. The van der Waals surface area contributed by atoms with Crippen LogP contribution in [0.2, 0.25) is 0 Å². The third-order valence-corrected chi connectivity index (χ3v) is 3.83. The number of hydrogen-bond acceptors (Lipinski definition) is 1. The van der Waals surface area contributed by atoms with Crippen molar-refractivity contribution in [3.8, 4) is 5.75 Å². The summed E-state index contributed by atoms with van der Waals surface area (Å²) in [6, 6.07) is 6.34. The summed E-state index contributed by atoms with van der Waals surface area (Å²) in [5.41, 5.74) is 2.57. The van der Waals surface area contributed by atoms with Crippen molar-refractivity contribution in [2.75, 3.05) is 7.11 Å². The van der Waals surface area contributed by atoms with E-state index in [9.17, 15) is 0 Å². The lowest BCUT2D eigenvalue weighted by atomic mass is 10.0. The lowest BCUT2D eigenvalue weighted by Crippen LogP contribution is -2.04. The molecule has 1 nitrogen and oxygen atoms in total. The molecular weight excluding hydrogens is 220 g/mol. The van der Waals surface area contributed by atoms with Gasteiger partial charge in [0.2, 0.25) is 0 Å². The van der Waals surface area contributed by atoms with E-state index in [1.165, 1.54) is 24.0 Å². The fourth-order valence-corrected chi connectivity index (χ4v) is 2.45. The van der Waals surface area contributed by atoms with Gasteiger partial charge >= 0.3 is 0 Å². The van der Waals surface area contributed by atoms with E-state index in [0.29, 0.717) is 5.38 Å². The zero-order valence-corrected chi connectivity index (χ0v) is 10.8. The Morgan fingerprint density at radius 3 is 2.81 bits per heavy atom. The van der Waals surface area contributed by atoms with Crippen LogP contribution in [0.15, 0.2) is 18.2 Å². The van der Waals surface area contributed by atoms with E-state index in [1.807, 2.05) is 6.07 Å². The Bertz CT molecular complexity index is 358. The summed E-state index contributed by atoms with van der Waals surface area (Å²) in [6.45, 7) is 2.11. The second-order valence-corrected chi connectivity index (χ2v) is 5.27. The number of methoxy groups -OCH3 is 1. The molecule has 16 heavy (non-hydrogen) atoms. The van der Waals surface area contributed by atoms with Crippen molar-refractivity contribution in [2.24, 2.45) is 5.92 Å². The van der Waals surface area contributed by atoms with Gasteiger partial charge in [-0.1, -0.05) is 17.7 Å². The molecule has 1 fully saturated rings. The molecule has 0 heterocycles. The topological polar surface area (TPSA) is 9.23 Å². The van der Waals surface area contributed by atoms with E-state index in [4.69, 9.17) is 16.3 Å². The van der Waals surface area contributed by atoms with Crippen LogP contribution in [0.1, 0.15) is 30.4 Å². The molecule has 1 aromatic carbocycles. The highest BCUT2D eigenvalue weighted by molar-refractivity contribution is 6.20. The van der Waals surface area contributed by atoms with Crippen LogP contribution in [-0.4, -0.2) is 12.5 Å². The van der Waals surface area contributed by atoms with E-state index < -0.39 is 0 Å². The molecule has 1 saturated carbocycles. The van der Waals surface area contributed by atoms with Crippen LogP contribution >= 0.6 is 11.6 Å². The second-order valence-electron chi connectivity index (χ2n) is 4.71. The Kier molecular flexibility index (Phi) is 3.75. The molecule has 0 bridgehead atoms. The molecule has 2 rings (SSSR count). The first-order valence-electron chi connectivity index (χ1n) is 5.98. The highest BCUT2D eigenvalue weighted by Gasteiger charge is 2.29. The lowest BCUT2D eigenvalue weighted by molar-refractivity contribution is 0.408. The third-order valence-electron chi connectivity index (χ3n) is 3.26. The molecule has 1 aliphatic carbocycles. The molecule has 1 aliphatic rings. The van der Waals surface area contributed by atoms with Crippen LogP contribution in [0.5, 0.6) is 5.75 Å². The quantitative estimate of drug-likeness (QED) is 0.706. The van der Waals surface area contributed by atoms with Crippen molar-refractivity contribution >= 4 is 11.6 Å².